The number of nitrogens with zero attached hydrogens (tertiary/aromatic N) is 1. The van der Waals surface area contributed by atoms with Crippen LogP contribution < -0.4 is 5.56 Å². The number of phenols is 1. The first-order valence-electron chi connectivity index (χ1n) is 5.56. The molecule has 2 rings (SSSR count). The van der Waals surface area contributed by atoms with Crippen molar-refractivity contribution in [3.8, 4) is 17.0 Å². The zero-order valence-corrected chi connectivity index (χ0v) is 12.1. The molecule has 1 heterocycles. The minimum atomic E-state index is -2.73. The van der Waals surface area contributed by atoms with Crippen molar-refractivity contribution in [1.29, 1.82) is 0 Å². The van der Waals surface area contributed by atoms with E-state index in [1.54, 1.807) is 22.6 Å². The van der Waals surface area contributed by atoms with Crippen LogP contribution >= 0.6 is 22.6 Å². The number of phenolic OH excluding ortho intramolecular Hbond substituents is 1. The van der Waals surface area contributed by atoms with Crippen molar-refractivity contribution in [2.75, 3.05) is 0 Å². The summed E-state index contributed by atoms with van der Waals surface area (Å²) >= 11 is 1.73. The monoisotopic (exact) mass is 395 g/mol. The van der Waals surface area contributed by atoms with Gasteiger partial charge < -0.3 is 9.67 Å². The number of halogens is 4. The van der Waals surface area contributed by atoms with Crippen LogP contribution in [0.5, 0.6) is 5.75 Å². The highest BCUT2D eigenvalue weighted by molar-refractivity contribution is 14.1. The fourth-order valence-corrected chi connectivity index (χ4v) is 2.29. The van der Waals surface area contributed by atoms with Crippen molar-refractivity contribution in [2.24, 2.45) is 0 Å². The molecule has 0 aliphatic rings. The zero-order valence-electron chi connectivity index (χ0n) is 9.99. The van der Waals surface area contributed by atoms with Crippen molar-refractivity contribution < 1.29 is 18.3 Å². The number of pyridine rings is 1. The summed E-state index contributed by atoms with van der Waals surface area (Å²) < 4.78 is 40.1. The third-order valence-electron chi connectivity index (χ3n) is 2.68. The van der Waals surface area contributed by atoms with Crippen molar-refractivity contribution in [3.63, 3.8) is 0 Å². The fourth-order valence-electron chi connectivity index (χ4n) is 1.82. The maximum Gasteiger partial charge on any atom is 0.264 e. The lowest BCUT2D eigenvalue weighted by Gasteiger charge is -2.14. The molecule has 0 atom stereocenters. The van der Waals surface area contributed by atoms with Gasteiger partial charge in [0.15, 0.2) is 0 Å². The average Bonchev–Trinajstić information content (AvgIpc) is 2.36. The first kappa shape index (κ1) is 14.9. The number of aromatic nitrogens is 1. The van der Waals surface area contributed by atoms with Gasteiger partial charge >= 0.3 is 0 Å². The van der Waals surface area contributed by atoms with Crippen molar-refractivity contribution in [2.45, 2.75) is 13.0 Å². The van der Waals surface area contributed by atoms with Crippen LogP contribution in [0.3, 0.4) is 0 Å². The number of alkyl halides is 2. The molecule has 0 spiro atoms. The van der Waals surface area contributed by atoms with Crippen molar-refractivity contribution in [1.82, 2.24) is 4.57 Å². The van der Waals surface area contributed by atoms with Crippen molar-refractivity contribution >= 4 is 22.6 Å². The Morgan fingerprint density at radius 2 is 1.95 bits per heavy atom. The highest BCUT2D eigenvalue weighted by Gasteiger charge is 2.16. The Bertz CT molecular complexity index is 701. The maximum absolute atomic E-state index is 13.8. The molecule has 1 aromatic heterocycles. The minimum Gasteiger partial charge on any atom is -0.508 e. The van der Waals surface area contributed by atoms with Gasteiger partial charge in [-0.3, -0.25) is 4.79 Å². The summed E-state index contributed by atoms with van der Waals surface area (Å²) in [7, 11) is 0. The van der Waals surface area contributed by atoms with E-state index in [1.807, 2.05) is 0 Å². The number of benzene rings is 1. The summed E-state index contributed by atoms with van der Waals surface area (Å²) in [6.07, 6.45) is -2.73. The molecule has 20 heavy (non-hydrogen) atoms. The first-order valence-corrected chi connectivity index (χ1v) is 6.64. The van der Waals surface area contributed by atoms with Crippen LogP contribution in [-0.2, 0) is 6.54 Å². The van der Waals surface area contributed by atoms with Crippen LogP contribution in [0.4, 0.5) is 13.2 Å². The topological polar surface area (TPSA) is 42.2 Å². The van der Waals surface area contributed by atoms with Crippen LogP contribution in [0.2, 0.25) is 0 Å². The van der Waals surface area contributed by atoms with E-state index in [0.717, 1.165) is 10.6 Å². The van der Waals surface area contributed by atoms with E-state index in [9.17, 15) is 18.0 Å². The Morgan fingerprint density at radius 1 is 1.25 bits per heavy atom. The molecule has 7 heteroatoms. The molecule has 0 unspecified atom stereocenters. The lowest BCUT2D eigenvalue weighted by atomic mass is 10.1. The van der Waals surface area contributed by atoms with E-state index < -0.39 is 24.3 Å². The van der Waals surface area contributed by atoms with Crippen molar-refractivity contribution in [3.05, 3.63) is 50.1 Å². The molecule has 0 saturated carbocycles. The molecule has 0 fully saturated rings. The van der Waals surface area contributed by atoms with Crippen LogP contribution in [0, 0.1) is 9.39 Å². The normalized spacial score (nSPS) is 11.1. The largest absolute Gasteiger partial charge is 0.508 e. The van der Waals surface area contributed by atoms with Crippen LogP contribution in [0.15, 0.2) is 35.1 Å². The molecule has 0 bridgehead atoms. The van der Waals surface area contributed by atoms with E-state index in [1.165, 1.54) is 24.3 Å². The number of rotatable bonds is 3. The van der Waals surface area contributed by atoms with Gasteiger partial charge in [0.2, 0.25) is 0 Å². The molecule has 0 amide bonds. The smallest absolute Gasteiger partial charge is 0.264 e. The maximum atomic E-state index is 13.8. The summed E-state index contributed by atoms with van der Waals surface area (Å²) in [5, 5.41) is 9.17. The molecule has 0 aliphatic carbocycles. The zero-order chi connectivity index (χ0) is 14.9. The molecule has 2 aromatic rings. The number of hydrogen-bond donors (Lipinski definition) is 1. The predicted octanol–water partition coefficient (Wildman–Crippen LogP) is 3.23. The number of aromatic hydroxyl groups is 1. The standard InChI is InChI=1S/C13H9F3INO2/c14-9-5-7(19)1-2-8(9)11-4-3-10(17)13(20)18(11)6-12(15)16/h1-5,12,19H,6H2. The van der Waals surface area contributed by atoms with E-state index in [4.69, 9.17) is 5.11 Å². The van der Waals surface area contributed by atoms with Crippen LogP contribution in [0.25, 0.3) is 11.3 Å². The molecular formula is C13H9F3INO2. The average molecular weight is 395 g/mol. The Labute approximate surface area is 125 Å². The van der Waals surface area contributed by atoms with Crippen LogP contribution in [0.1, 0.15) is 0 Å². The molecule has 3 nitrogen and oxygen atoms in total. The van der Waals surface area contributed by atoms with Gasteiger partial charge in [-0.1, -0.05) is 0 Å². The third-order valence-corrected chi connectivity index (χ3v) is 3.50. The second-order valence-electron chi connectivity index (χ2n) is 4.04. The molecule has 1 aromatic carbocycles. The molecular weight excluding hydrogens is 386 g/mol. The van der Waals surface area contributed by atoms with Gasteiger partial charge in [-0.2, -0.15) is 0 Å². The second kappa shape index (κ2) is 5.86. The highest BCUT2D eigenvalue weighted by atomic mass is 127. The summed E-state index contributed by atoms with van der Waals surface area (Å²) in [6, 6.07) is 6.18. The second-order valence-corrected chi connectivity index (χ2v) is 5.20. The highest BCUT2D eigenvalue weighted by Crippen LogP contribution is 2.25. The Morgan fingerprint density at radius 3 is 2.55 bits per heavy atom. The fraction of sp³-hybridized carbons (Fsp3) is 0.154. The van der Waals surface area contributed by atoms with E-state index >= 15 is 0 Å². The van der Waals surface area contributed by atoms with E-state index in [2.05, 4.69) is 0 Å². The summed E-state index contributed by atoms with van der Waals surface area (Å²) in [5.41, 5.74) is -0.568. The molecule has 0 aliphatic heterocycles. The lowest BCUT2D eigenvalue weighted by Crippen LogP contribution is -2.26. The Balaban J connectivity index is 2.67. The molecule has 1 N–H and O–H groups in total. The lowest BCUT2D eigenvalue weighted by molar-refractivity contribution is 0.125. The SMILES string of the molecule is O=c1c(I)ccc(-c2ccc(O)cc2F)n1CC(F)F. The Kier molecular flexibility index (Phi) is 4.36. The van der Waals surface area contributed by atoms with Gasteiger partial charge in [0.1, 0.15) is 11.6 Å². The number of hydrogen-bond acceptors (Lipinski definition) is 2. The quantitative estimate of drug-likeness (QED) is 0.812. The summed E-state index contributed by atoms with van der Waals surface area (Å²) in [4.78, 5) is 11.9. The third kappa shape index (κ3) is 2.97. The van der Waals surface area contributed by atoms with Gasteiger partial charge in [-0.15, -0.1) is 0 Å². The van der Waals surface area contributed by atoms with Crippen LogP contribution in [-0.4, -0.2) is 16.1 Å². The Hall–Kier alpha value is -1.51. The van der Waals surface area contributed by atoms with Gasteiger partial charge in [0.25, 0.3) is 12.0 Å². The van der Waals surface area contributed by atoms with E-state index in [0.29, 0.717) is 0 Å². The van der Waals surface area contributed by atoms with Gasteiger partial charge in [0.05, 0.1) is 15.8 Å². The predicted molar refractivity (Wildman–Crippen MR) is 76.5 cm³/mol. The molecule has 0 saturated heterocycles. The molecule has 0 radical (unpaired) electrons. The van der Waals surface area contributed by atoms with Gasteiger partial charge in [-0.25, -0.2) is 13.2 Å². The van der Waals surface area contributed by atoms with Gasteiger partial charge in [-0.05, 0) is 46.9 Å². The first-order chi connectivity index (χ1) is 9.40. The minimum absolute atomic E-state index is 0.0167. The van der Waals surface area contributed by atoms with Gasteiger partial charge in [0, 0.05) is 11.6 Å². The van der Waals surface area contributed by atoms with E-state index in [-0.39, 0.29) is 20.6 Å². The summed E-state index contributed by atoms with van der Waals surface area (Å²) in [5.74, 6) is -1.06. The summed E-state index contributed by atoms with van der Waals surface area (Å²) in [6.45, 7) is -0.814. The molecule has 106 valence electrons.